The number of anilines is 3. The number of nitrogens with zero attached hydrogens (tertiary/aromatic N) is 2. The predicted octanol–water partition coefficient (Wildman–Crippen LogP) is 3.99. The Morgan fingerprint density at radius 3 is 2.88 bits per heavy atom. The maximum atomic E-state index is 5.64. The Morgan fingerprint density at radius 2 is 2.12 bits per heavy atom. The van der Waals surface area contributed by atoms with Gasteiger partial charge in [0.05, 0.1) is 6.10 Å². The molecule has 5 heteroatoms. The SMILES string of the molecule is CCc1cccc(C)c1Nc1cc(C)nc(NCC2CCCO2)n1. The molecule has 1 atom stereocenters. The van der Waals surface area contributed by atoms with Gasteiger partial charge in [-0.05, 0) is 44.2 Å². The maximum absolute atomic E-state index is 5.64. The van der Waals surface area contributed by atoms with Crippen molar-refractivity contribution in [3.63, 3.8) is 0 Å². The highest BCUT2D eigenvalue weighted by Crippen LogP contribution is 2.25. The first kappa shape index (κ1) is 16.7. The van der Waals surface area contributed by atoms with Crippen LogP contribution in [0.2, 0.25) is 0 Å². The fourth-order valence-electron chi connectivity index (χ4n) is 3.05. The highest BCUT2D eigenvalue weighted by molar-refractivity contribution is 5.65. The molecule has 0 radical (unpaired) electrons. The van der Waals surface area contributed by atoms with E-state index in [-0.39, 0.29) is 6.10 Å². The standard InChI is InChI=1S/C19H26N4O/c1-4-15-8-5-7-13(2)18(15)22-17-11-14(3)21-19(23-17)20-12-16-9-6-10-24-16/h5,7-8,11,16H,4,6,9-10,12H2,1-3H3,(H2,20,21,22,23). The predicted molar refractivity (Wildman–Crippen MR) is 98.1 cm³/mol. The Bertz CT molecular complexity index is 696. The second-order valence-electron chi connectivity index (χ2n) is 6.32. The average Bonchev–Trinajstić information content (AvgIpc) is 3.08. The highest BCUT2D eigenvalue weighted by atomic mass is 16.5. The quantitative estimate of drug-likeness (QED) is 0.840. The van der Waals surface area contributed by atoms with Gasteiger partial charge in [0.2, 0.25) is 5.95 Å². The molecule has 0 bridgehead atoms. The third-order valence-corrected chi connectivity index (χ3v) is 4.36. The third-order valence-electron chi connectivity index (χ3n) is 4.36. The lowest BCUT2D eigenvalue weighted by Crippen LogP contribution is -2.20. The Kier molecular flexibility index (Phi) is 5.30. The van der Waals surface area contributed by atoms with Crippen LogP contribution in [-0.4, -0.2) is 29.2 Å². The number of ether oxygens (including phenoxy) is 1. The lowest BCUT2D eigenvalue weighted by Gasteiger charge is -2.15. The molecule has 5 nitrogen and oxygen atoms in total. The van der Waals surface area contributed by atoms with Crippen molar-refractivity contribution in [1.29, 1.82) is 0 Å². The summed E-state index contributed by atoms with van der Waals surface area (Å²) < 4.78 is 5.64. The van der Waals surface area contributed by atoms with E-state index in [1.54, 1.807) is 0 Å². The van der Waals surface area contributed by atoms with Crippen LogP contribution in [0.5, 0.6) is 0 Å². The number of aromatic nitrogens is 2. The molecule has 0 spiro atoms. The largest absolute Gasteiger partial charge is 0.376 e. The van der Waals surface area contributed by atoms with Crippen molar-refractivity contribution in [3.05, 3.63) is 41.1 Å². The van der Waals surface area contributed by atoms with Crippen molar-refractivity contribution in [3.8, 4) is 0 Å². The molecule has 0 saturated carbocycles. The molecule has 2 aromatic rings. The van der Waals surface area contributed by atoms with Crippen molar-refractivity contribution in [1.82, 2.24) is 9.97 Å². The van der Waals surface area contributed by atoms with Crippen LogP contribution in [0.25, 0.3) is 0 Å². The minimum Gasteiger partial charge on any atom is -0.376 e. The zero-order valence-corrected chi connectivity index (χ0v) is 14.7. The molecule has 1 aromatic carbocycles. The fourth-order valence-corrected chi connectivity index (χ4v) is 3.05. The van der Waals surface area contributed by atoms with Crippen LogP contribution in [0.1, 0.15) is 36.6 Å². The number of hydrogen-bond acceptors (Lipinski definition) is 5. The molecule has 1 fully saturated rings. The summed E-state index contributed by atoms with van der Waals surface area (Å²) in [4.78, 5) is 9.10. The van der Waals surface area contributed by atoms with Gasteiger partial charge in [0, 0.05) is 30.6 Å². The van der Waals surface area contributed by atoms with E-state index in [0.717, 1.165) is 49.6 Å². The molecule has 1 aliphatic rings. The zero-order chi connectivity index (χ0) is 16.9. The van der Waals surface area contributed by atoms with Crippen LogP contribution in [0.15, 0.2) is 24.3 Å². The maximum Gasteiger partial charge on any atom is 0.224 e. The molecular weight excluding hydrogens is 300 g/mol. The van der Waals surface area contributed by atoms with Gasteiger partial charge in [-0.2, -0.15) is 4.98 Å². The van der Waals surface area contributed by atoms with Gasteiger partial charge in [0.1, 0.15) is 5.82 Å². The van der Waals surface area contributed by atoms with Crippen molar-refractivity contribution in [2.75, 3.05) is 23.8 Å². The number of para-hydroxylation sites is 1. The van der Waals surface area contributed by atoms with Gasteiger partial charge < -0.3 is 15.4 Å². The summed E-state index contributed by atoms with van der Waals surface area (Å²) in [7, 11) is 0. The summed E-state index contributed by atoms with van der Waals surface area (Å²) in [5, 5.41) is 6.79. The van der Waals surface area contributed by atoms with E-state index < -0.39 is 0 Å². The Balaban J connectivity index is 1.76. The molecule has 3 rings (SSSR count). The van der Waals surface area contributed by atoms with E-state index in [1.165, 1.54) is 11.1 Å². The molecule has 1 aliphatic heterocycles. The van der Waals surface area contributed by atoms with E-state index in [1.807, 2.05) is 13.0 Å². The first-order valence-electron chi connectivity index (χ1n) is 8.72. The van der Waals surface area contributed by atoms with Crippen molar-refractivity contribution >= 4 is 17.5 Å². The van der Waals surface area contributed by atoms with Crippen molar-refractivity contribution in [2.45, 2.75) is 46.1 Å². The summed E-state index contributed by atoms with van der Waals surface area (Å²) in [6, 6.07) is 8.34. The summed E-state index contributed by atoms with van der Waals surface area (Å²) in [6.45, 7) is 7.89. The molecule has 0 aliphatic carbocycles. The van der Waals surface area contributed by atoms with Crippen LogP contribution in [0.4, 0.5) is 17.5 Å². The summed E-state index contributed by atoms with van der Waals surface area (Å²) in [6.07, 6.45) is 3.50. The third kappa shape index (κ3) is 4.03. The molecule has 1 unspecified atom stereocenters. The lowest BCUT2D eigenvalue weighted by atomic mass is 10.1. The van der Waals surface area contributed by atoms with Gasteiger partial charge in [-0.15, -0.1) is 0 Å². The Hall–Kier alpha value is -2.14. The minimum absolute atomic E-state index is 0.272. The van der Waals surface area contributed by atoms with Gasteiger partial charge in [0.15, 0.2) is 0 Å². The van der Waals surface area contributed by atoms with E-state index in [4.69, 9.17) is 4.74 Å². The molecule has 128 valence electrons. The first-order valence-corrected chi connectivity index (χ1v) is 8.72. The number of hydrogen-bond donors (Lipinski definition) is 2. The number of aryl methyl sites for hydroxylation is 3. The Labute approximate surface area is 143 Å². The van der Waals surface area contributed by atoms with Crippen LogP contribution in [0, 0.1) is 13.8 Å². The van der Waals surface area contributed by atoms with Crippen LogP contribution in [0.3, 0.4) is 0 Å². The summed E-state index contributed by atoms with van der Waals surface area (Å²) in [5.74, 6) is 1.47. The van der Waals surface area contributed by atoms with E-state index in [2.05, 4.69) is 52.6 Å². The molecule has 0 amide bonds. The highest BCUT2D eigenvalue weighted by Gasteiger charge is 2.15. The first-order chi connectivity index (χ1) is 11.7. The molecule has 24 heavy (non-hydrogen) atoms. The van der Waals surface area contributed by atoms with Gasteiger partial charge in [-0.3, -0.25) is 0 Å². The van der Waals surface area contributed by atoms with Crippen molar-refractivity contribution < 1.29 is 4.74 Å². The average molecular weight is 326 g/mol. The van der Waals surface area contributed by atoms with Crippen molar-refractivity contribution in [2.24, 2.45) is 0 Å². The minimum atomic E-state index is 0.272. The smallest absolute Gasteiger partial charge is 0.224 e. The molecule has 2 N–H and O–H groups in total. The van der Waals surface area contributed by atoms with E-state index in [9.17, 15) is 0 Å². The van der Waals surface area contributed by atoms with E-state index >= 15 is 0 Å². The normalized spacial score (nSPS) is 17.0. The Morgan fingerprint density at radius 1 is 1.25 bits per heavy atom. The van der Waals surface area contributed by atoms with Crippen LogP contribution in [-0.2, 0) is 11.2 Å². The molecule has 1 aromatic heterocycles. The topological polar surface area (TPSA) is 59.1 Å². The number of nitrogens with one attached hydrogen (secondary N) is 2. The second kappa shape index (κ2) is 7.62. The molecule has 2 heterocycles. The lowest BCUT2D eigenvalue weighted by molar-refractivity contribution is 0.120. The zero-order valence-electron chi connectivity index (χ0n) is 14.7. The van der Waals surface area contributed by atoms with Gasteiger partial charge in [0.25, 0.3) is 0 Å². The van der Waals surface area contributed by atoms with Gasteiger partial charge in [-0.1, -0.05) is 25.1 Å². The van der Waals surface area contributed by atoms with Crippen LogP contribution >= 0.6 is 0 Å². The monoisotopic (exact) mass is 326 g/mol. The molecular formula is C19H26N4O. The number of rotatable bonds is 6. The summed E-state index contributed by atoms with van der Waals surface area (Å²) >= 11 is 0. The molecule has 1 saturated heterocycles. The second-order valence-corrected chi connectivity index (χ2v) is 6.32. The van der Waals surface area contributed by atoms with Gasteiger partial charge >= 0.3 is 0 Å². The fraction of sp³-hybridized carbons (Fsp3) is 0.474. The number of benzene rings is 1. The summed E-state index contributed by atoms with van der Waals surface area (Å²) in [5.41, 5.74) is 4.59. The van der Waals surface area contributed by atoms with E-state index in [0.29, 0.717) is 5.95 Å². The van der Waals surface area contributed by atoms with Crippen LogP contribution < -0.4 is 10.6 Å². The van der Waals surface area contributed by atoms with Gasteiger partial charge in [-0.25, -0.2) is 4.98 Å².